The van der Waals surface area contributed by atoms with Crippen LogP contribution in [0.1, 0.15) is 23.1 Å². The van der Waals surface area contributed by atoms with E-state index in [0.29, 0.717) is 5.69 Å². The maximum atomic E-state index is 12.0. The zero-order chi connectivity index (χ0) is 16.1. The Morgan fingerprint density at radius 1 is 0.864 bits per heavy atom. The largest absolute Gasteiger partial charge is 0.326 e. The van der Waals surface area contributed by atoms with Gasteiger partial charge in [0, 0.05) is 11.4 Å². The lowest BCUT2D eigenvalue weighted by Crippen LogP contribution is -2.22. The van der Waals surface area contributed by atoms with Gasteiger partial charge in [-0.1, -0.05) is 30.3 Å². The summed E-state index contributed by atoms with van der Waals surface area (Å²) in [6.45, 7) is 5.80. The smallest absolute Gasteiger partial charge is 0.233 e. The molecular formula is C18H20N2O2. The molecule has 2 rings (SSSR count). The maximum Gasteiger partial charge on any atom is 0.233 e. The molecule has 114 valence electrons. The van der Waals surface area contributed by atoms with E-state index in [-0.39, 0.29) is 18.2 Å². The van der Waals surface area contributed by atoms with Gasteiger partial charge in [0.15, 0.2) is 0 Å². The molecule has 0 heterocycles. The van der Waals surface area contributed by atoms with Gasteiger partial charge in [0.1, 0.15) is 6.42 Å². The minimum atomic E-state index is -0.325. The lowest BCUT2D eigenvalue weighted by Gasteiger charge is -2.11. The molecule has 2 aromatic rings. The first-order valence-corrected chi connectivity index (χ1v) is 7.18. The highest BCUT2D eigenvalue weighted by Crippen LogP contribution is 2.19. The van der Waals surface area contributed by atoms with Crippen LogP contribution < -0.4 is 10.6 Å². The molecule has 22 heavy (non-hydrogen) atoms. The second-order valence-corrected chi connectivity index (χ2v) is 5.41. The Hall–Kier alpha value is -2.62. The fraction of sp³-hybridized carbons (Fsp3) is 0.222. The van der Waals surface area contributed by atoms with Crippen molar-refractivity contribution in [2.24, 2.45) is 0 Å². The van der Waals surface area contributed by atoms with Crippen LogP contribution in [0.15, 0.2) is 42.5 Å². The van der Waals surface area contributed by atoms with Crippen LogP contribution in [0.3, 0.4) is 0 Å². The average molecular weight is 296 g/mol. The minimum Gasteiger partial charge on any atom is -0.326 e. The van der Waals surface area contributed by atoms with Crippen molar-refractivity contribution in [2.45, 2.75) is 27.2 Å². The van der Waals surface area contributed by atoms with Gasteiger partial charge in [0.25, 0.3) is 0 Å². The number of hydrogen-bond donors (Lipinski definition) is 2. The summed E-state index contributed by atoms with van der Waals surface area (Å²) in [7, 11) is 0. The van der Waals surface area contributed by atoms with E-state index in [1.807, 2.05) is 57.2 Å². The molecule has 2 aromatic carbocycles. The second-order valence-electron chi connectivity index (χ2n) is 5.41. The van der Waals surface area contributed by atoms with Crippen LogP contribution in [0.25, 0.3) is 0 Å². The van der Waals surface area contributed by atoms with E-state index in [0.717, 1.165) is 22.4 Å². The van der Waals surface area contributed by atoms with Crippen molar-refractivity contribution in [3.05, 3.63) is 59.2 Å². The van der Waals surface area contributed by atoms with E-state index in [2.05, 4.69) is 10.6 Å². The first-order chi connectivity index (χ1) is 10.5. The third-order valence-corrected chi connectivity index (χ3v) is 3.37. The van der Waals surface area contributed by atoms with E-state index < -0.39 is 0 Å². The van der Waals surface area contributed by atoms with E-state index in [1.165, 1.54) is 0 Å². The number of hydrogen-bond acceptors (Lipinski definition) is 2. The molecule has 0 aliphatic rings. The summed E-state index contributed by atoms with van der Waals surface area (Å²) in [6, 6.07) is 13.3. The van der Waals surface area contributed by atoms with Crippen molar-refractivity contribution >= 4 is 23.2 Å². The molecule has 0 saturated carbocycles. The van der Waals surface area contributed by atoms with Crippen molar-refractivity contribution in [3.8, 4) is 0 Å². The summed E-state index contributed by atoms with van der Waals surface area (Å²) in [6.07, 6.45) is -0.207. The summed E-state index contributed by atoms with van der Waals surface area (Å²) < 4.78 is 0. The van der Waals surface area contributed by atoms with Gasteiger partial charge < -0.3 is 10.6 Å². The number of rotatable bonds is 4. The molecule has 2 N–H and O–H groups in total. The third kappa shape index (κ3) is 4.19. The molecule has 0 spiro atoms. The topological polar surface area (TPSA) is 58.2 Å². The molecule has 0 fully saturated rings. The Bertz CT molecular complexity index is 688. The zero-order valence-electron chi connectivity index (χ0n) is 13.1. The van der Waals surface area contributed by atoms with Gasteiger partial charge in [-0.15, -0.1) is 0 Å². The fourth-order valence-electron chi connectivity index (χ4n) is 2.27. The monoisotopic (exact) mass is 296 g/mol. The highest BCUT2D eigenvalue weighted by Gasteiger charge is 2.12. The number of benzene rings is 2. The number of anilines is 2. The zero-order valence-corrected chi connectivity index (χ0v) is 13.1. The van der Waals surface area contributed by atoms with Crippen molar-refractivity contribution in [2.75, 3.05) is 10.6 Å². The summed E-state index contributed by atoms with van der Waals surface area (Å²) >= 11 is 0. The van der Waals surface area contributed by atoms with Crippen LogP contribution in [0, 0.1) is 20.8 Å². The minimum absolute atomic E-state index is 0.207. The molecular weight excluding hydrogens is 276 g/mol. The number of amides is 2. The Morgan fingerprint density at radius 2 is 1.45 bits per heavy atom. The lowest BCUT2D eigenvalue weighted by molar-refractivity contribution is -0.123. The third-order valence-electron chi connectivity index (χ3n) is 3.37. The molecule has 0 aliphatic heterocycles. The van der Waals surface area contributed by atoms with Crippen molar-refractivity contribution in [1.82, 2.24) is 0 Å². The highest BCUT2D eigenvalue weighted by atomic mass is 16.2. The second kappa shape index (κ2) is 6.89. The maximum absolute atomic E-state index is 12.0. The van der Waals surface area contributed by atoms with Gasteiger partial charge in [-0.25, -0.2) is 0 Å². The molecule has 4 nitrogen and oxygen atoms in total. The normalized spacial score (nSPS) is 10.1. The average Bonchev–Trinajstić information content (AvgIpc) is 2.43. The van der Waals surface area contributed by atoms with Crippen LogP contribution in [-0.4, -0.2) is 11.8 Å². The molecule has 4 heteroatoms. The van der Waals surface area contributed by atoms with Crippen LogP contribution in [0.4, 0.5) is 11.4 Å². The number of para-hydroxylation sites is 1. The van der Waals surface area contributed by atoms with Gasteiger partial charge in [-0.2, -0.15) is 0 Å². The van der Waals surface area contributed by atoms with Crippen LogP contribution in [0.2, 0.25) is 0 Å². The van der Waals surface area contributed by atoms with Crippen molar-refractivity contribution in [1.29, 1.82) is 0 Å². The lowest BCUT2D eigenvalue weighted by atomic mass is 10.1. The molecule has 0 bridgehead atoms. The van der Waals surface area contributed by atoms with Crippen LogP contribution in [-0.2, 0) is 9.59 Å². The summed E-state index contributed by atoms with van der Waals surface area (Å²) in [5.74, 6) is -0.642. The fourth-order valence-corrected chi connectivity index (χ4v) is 2.27. The summed E-state index contributed by atoms with van der Waals surface area (Å²) in [5, 5.41) is 5.54. The van der Waals surface area contributed by atoms with Gasteiger partial charge in [-0.3, -0.25) is 9.59 Å². The molecule has 0 radical (unpaired) electrons. The Morgan fingerprint density at radius 3 is 2.09 bits per heavy atom. The molecule has 0 atom stereocenters. The van der Waals surface area contributed by atoms with E-state index >= 15 is 0 Å². The Kier molecular flexibility index (Phi) is 4.94. The number of nitrogens with one attached hydrogen (secondary N) is 2. The number of carbonyl (C=O) groups excluding carboxylic acids is 2. The van der Waals surface area contributed by atoms with E-state index in [9.17, 15) is 9.59 Å². The summed E-state index contributed by atoms with van der Waals surface area (Å²) in [4.78, 5) is 23.9. The van der Waals surface area contributed by atoms with E-state index in [1.54, 1.807) is 6.07 Å². The van der Waals surface area contributed by atoms with Gasteiger partial charge >= 0.3 is 0 Å². The van der Waals surface area contributed by atoms with Crippen LogP contribution in [0.5, 0.6) is 0 Å². The van der Waals surface area contributed by atoms with Gasteiger partial charge in [-0.05, 0) is 49.6 Å². The van der Waals surface area contributed by atoms with E-state index in [4.69, 9.17) is 0 Å². The van der Waals surface area contributed by atoms with Crippen molar-refractivity contribution in [3.63, 3.8) is 0 Å². The van der Waals surface area contributed by atoms with Crippen LogP contribution >= 0.6 is 0 Å². The molecule has 0 saturated heterocycles. The Labute approximate surface area is 130 Å². The standard InChI is InChI=1S/C18H20N2O2/c1-12-6-4-9-15(10-12)19-16(21)11-17(22)20-18-13(2)7-5-8-14(18)3/h4-10H,11H2,1-3H3,(H,19,21)(H,20,22). The predicted octanol–water partition coefficient (Wildman–Crippen LogP) is 3.58. The van der Waals surface area contributed by atoms with Gasteiger partial charge in [0.2, 0.25) is 11.8 Å². The predicted molar refractivity (Wildman–Crippen MR) is 89.0 cm³/mol. The van der Waals surface area contributed by atoms with Crippen molar-refractivity contribution < 1.29 is 9.59 Å². The summed E-state index contributed by atoms with van der Waals surface area (Å²) in [5.41, 5.74) is 4.48. The molecule has 2 amide bonds. The SMILES string of the molecule is Cc1cccc(NC(=O)CC(=O)Nc2c(C)cccc2C)c1. The molecule has 0 aliphatic carbocycles. The Balaban J connectivity index is 1.96. The quantitative estimate of drug-likeness (QED) is 0.847. The number of aryl methyl sites for hydroxylation is 3. The van der Waals surface area contributed by atoms with Gasteiger partial charge in [0.05, 0.1) is 0 Å². The molecule has 0 unspecified atom stereocenters. The first-order valence-electron chi connectivity index (χ1n) is 7.18. The first kappa shape index (κ1) is 15.8. The molecule has 0 aromatic heterocycles. The number of carbonyl (C=O) groups is 2. The highest BCUT2D eigenvalue weighted by molar-refractivity contribution is 6.08.